The number of ether oxygens (including phenoxy) is 1. The van der Waals surface area contributed by atoms with E-state index in [1.165, 1.54) is 11.3 Å². The summed E-state index contributed by atoms with van der Waals surface area (Å²) in [6, 6.07) is 17.9. The molecule has 150 valence electrons. The summed E-state index contributed by atoms with van der Waals surface area (Å²) in [5.41, 5.74) is 2.14. The fraction of sp³-hybridized carbons (Fsp3) is 0.182. The molecule has 0 radical (unpaired) electrons. The Balaban J connectivity index is 1.53. The zero-order chi connectivity index (χ0) is 20.6. The zero-order valence-corrected chi connectivity index (χ0v) is 17.1. The van der Waals surface area contributed by atoms with E-state index in [1.807, 2.05) is 49.6 Å². The maximum Gasteiger partial charge on any atom is 0.319 e. The number of urea groups is 1. The summed E-state index contributed by atoms with van der Waals surface area (Å²) in [7, 11) is 0. The van der Waals surface area contributed by atoms with Crippen LogP contribution in [0.1, 0.15) is 29.1 Å². The van der Waals surface area contributed by atoms with Gasteiger partial charge >= 0.3 is 6.03 Å². The van der Waals surface area contributed by atoms with Gasteiger partial charge in [-0.05, 0) is 61.2 Å². The number of thiophene rings is 1. The van der Waals surface area contributed by atoms with Crippen LogP contribution in [-0.2, 0) is 6.54 Å². The van der Waals surface area contributed by atoms with Gasteiger partial charge in [0.25, 0.3) is 5.91 Å². The second kappa shape index (κ2) is 9.75. The van der Waals surface area contributed by atoms with E-state index in [-0.39, 0.29) is 18.0 Å². The number of carbonyl (C=O) groups is 2. The van der Waals surface area contributed by atoms with Crippen molar-refractivity contribution < 1.29 is 14.3 Å². The van der Waals surface area contributed by atoms with Crippen molar-refractivity contribution in [3.8, 4) is 5.75 Å². The number of benzene rings is 2. The van der Waals surface area contributed by atoms with Gasteiger partial charge < -0.3 is 20.7 Å². The van der Waals surface area contributed by atoms with Gasteiger partial charge in [-0.25, -0.2) is 4.79 Å². The minimum Gasteiger partial charge on any atom is -0.491 e. The number of hydrogen-bond acceptors (Lipinski definition) is 4. The molecule has 0 aliphatic carbocycles. The second-order valence-electron chi connectivity index (χ2n) is 6.63. The van der Waals surface area contributed by atoms with Crippen LogP contribution in [0.4, 0.5) is 16.2 Å². The molecule has 1 aromatic heterocycles. The number of rotatable bonds is 7. The molecular weight excluding hydrogens is 386 g/mol. The quantitative estimate of drug-likeness (QED) is 0.507. The summed E-state index contributed by atoms with van der Waals surface area (Å²) in [6.45, 7) is 4.31. The van der Waals surface area contributed by atoms with E-state index < -0.39 is 0 Å². The Morgan fingerprint density at radius 3 is 2.45 bits per heavy atom. The van der Waals surface area contributed by atoms with E-state index in [4.69, 9.17) is 4.74 Å². The van der Waals surface area contributed by atoms with Crippen molar-refractivity contribution in [2.24, 2.45) is 0 Å². The average molecular weight is 410 g/mol. The molecule has 0 atom stereocenters. The van der Waals surface area contributed by atoms with Crippen LogP contribution in [0, 0.1) is 0 Å². The molecule has 3 aromatic rings. The minimum absolute atomic E-state index is 0.0918. The Morgan fingerprint density at radius 1 is 0.966 bits per heavy atom. The molecular formula is C22H23N3O3S. The summed E-state index contributed by atoms with van der Waals surface area (Å²) in [5, 5.41) is 10.3. The van der Waals surface area contributed by atoms with Gasteiger partial charge in [-0.3, -0.25) is 4.79 Å². The fourth-order valence-corrected chi connectivity index (χ4v) is 3.25. The number of anilines is 2. The van der Waals surface area contributed by atoms with Crippen LogP contribution in [-0.4, -0.2) is 18.0 Å². The normalized spacial score (nSPS) is 10.4. The lowest BCUT2D eigenvalue weighted by Gasteiger charge is -2.12. The number of carbonyl (C=O) groups excluding carboxylic acids is 2. The lowest BCUT2D eigenvalue weighted by Crippen LogP contribution is -2.28. The van der Waals surface area contributed by atoms with Crippen LogP contribution in [0.15, 0.2) is 66.0 Å². The molecule has 0 aliphatic rings. The molecule has 29 heavy (non-hydrogen) atoms. The van der Waals surface area contributed by atoms with Crippen LogP contribution in [0.2, 0.25) is 0 Å². The third kappa shape index (κ3) is 6.36. The van der Waals surface area contributed by atoms with E-state index >= 15 is 0 Å². The minimum atomic E-state index is -0.332. The first-order valence-corrected chi connectivity index (χ1v) is 10.1. The topological polar surface area (TPSA) is 79.5 Å². The highest BCUT2D eigenvalue weighted by atomic mass is 32.1. The molecule has 1 heterocycles. The summed E-state index contributed by atoms with van der Waals surface area (Å²) in [5.74, 6) is 0.596. The van der Waals surface area contributed by atoms with Crippen LogP contribution in [0.3, 0.4) is 0 Å². The lowest BCUT2D eigenvalue weighted by atomic mass is 10.2. The van der Waals surface area contributed by atoms with Crippen molar-refractivity contribution in [1.29, 1.82) is 0 Å². The van der Waals surface area contributed by atoms with Gasteiger partial charge in [-0.1, -0.05) is 24.3 Å². The molecule has 2 aromatic carbocycles. The Bertz CT molecular complexity index is 971. The molecule has 3 N–H and O–H groups in total. The molecule has 0 unspecified atom stereocenters. The first-order chi connectivity index (χ1) is 14.0. The maximum atomic E-state index is 12.2. The molecule has 0 aliphatic heterocycles. The Hall–Kier alpha value is -3.32. The average Bonchev–Trinajstić information content (AvgIpc) is 3.21. The number of amides is 3. The fourth-order valence-electron chi connectivity index (χ4n) is 2.63. The highest BCUT2D eigenvalue weighted by Crippen LogP contribution is 2.18. The van der Waals surface area contributed by atoms with Gasteiger partial charge in [-0.15, -0.1) is 11.3 Å². The van der Waals surface area contributed by atoms with Crippen molar-refractivity contribution in [3.63, 3.8) is 0 Å². The molecule has 3 amide bonds. The van der Waals surface area contributed by atoms with Gasteiger partial charge in [0.05, 0.1) is 11.0 Å². The van der Waals surface area contributed by atoms with Crippen molar-refractivity contribution in [1.82, 2.24) is 5.32 Å². The van der Waals surface area contributed by atoms with Crippen molar-refractivity contribution in [2.45, 2.75) is 26.5 Å². The Morgan fingerprint density at radius 2 is 1.72 bits per heavy atom. The number of nitrogens with one attached hydrogen (secondary N) is 3. The lowest BCUT2D eigenvalue weighted by molar-refractivity contribution is 0.103. The summed E-state index contributed by atoms with van der Waals surface area (Å²) >= 11 is 1.37. The Kier molecular flexibility index (Phi) is 6.86. The monoisotopic (exact) mass is 409 g/mol. The van der Waals surface area contributed by atoms with Crippen LogP contribution >= 0.6 is 11.3 Å². The first kappa shape index (κ1) is 20.4. The highest BCUT2D eigenvalue weighted by Gasteiger charge is 2.08. The predicted octanol–water partition coefficient (Wildman–Crippen LogP) is 5.11. The van der Waals surface area contributed by atoms with E-state index in [2.05, 4.69) is 16.0 Å². The van der Waals surface area contributed by atoms with Crippen molar-refractivity contribution in [3.05, 3.63) is 76.5 Å². The third-order valence-corrected chi connectivity index (χ3v) is 4.72. The van der Waals surface area contributed by atoms with Crippen molar-refractivity contribution in [2.75, 3.05) is 10.6 Å². The molecule has 7 heteroatoms. The van der Waals surface area contributed by atoms with Crippen LogP contribution in [0.25, 0.3) is 0 Å². The maximum absolute atomic E-state index is 12.2. The zero-order valence-electron chi connectivity index (χ0n) is 16.3. The summed E-state index contributed by atoms with van der Waals surface area (Å²) < 4.78 is 5.67. The molecule has 0 saturated heterocycles. The smallest absolute Gasteiger partial charge is 0.319 e. The van der Waals surface area contributed by atoms with Crippen molar-refractivity contribution >= 4 is 34.6 Å². The van der Waals surface area contributed by atoms with Gasteiger partial charge in [0.1, 0.15) is 5.75 Å². The highest BCUT2D eigenvalue weighted by molar-refractivity contribution is 7.12. The second-order valence-corrected chi connectivity index (χ2v) is 7.58. The van der Waals surface area contributed by atoms with Crippen LogP contribution < -0.4 is 20.7 Å². The van der Waals surface area contributed by atoms with Gasteiger partial charge in [-0.2, -0.15) is 0 Å². The van der Waals surface area contributed by atoms with E-state index in [0.29, 0.717) is 22.8 Å². The number of hydrogen-bond donors (Lipinski definition) is 3. The molecule has 3 rings (SSSR count). The van der Waals surface area contributed by atoms with E-state index in [9.17, 15) is 9.59 Å². The molecule has 6 nitrogen and oxygen atoms in total. The van der Waals surface area contributed by atoms with E-state index in [0.717, 1.165) is 11.3 Å². The van der Waals surface area contributed by atoms with Gasteiger partial charge in [0, 0.05) is 17.9 Å². The molecule has 0 saturated carbocycles. The standard InChI is InChI=1S/C22H23N3O3S/c1-15(2)28-19-9-3-6-16(12-19)14-23-22(27)25-18-8-4-7-17(13-18)24-21(26)20-10-5-11-29-20/h3-13,15H,14H2,1-2H3,(H,24,26)(H2,23,25,27). The van der Waals surface area contributed by atoms with Gasteiger partial charge in [0.2, 0.25) is 0 Å². The Labute approximate surface area is 173 Å². The van der Waals surface area contributed by atoms with Gasteiger partial charge in [0.15, 0.2) is 0 Å². The first-order valence-electron chi connectivity index (χ1n) is 9.25. The molecule has 0 fully saturated rings. The van der Waals surface area contributed by atoms with E-state index in [1.54, 1.807) is 30.3 Å². The molecule has 0 bridgehead atoms. The SMILES string of the molecule is CC(C)Oc1cccc(CNC(=O)Nc2cccc(NC(=O)c3cccs3)c2)c1. The summed E-state index contributed by atoms with van der Waals surface area (Å²) in [6.07, 6.45) is 0.0918. The third-order valence-electron chi connectivity index (χ3n) is 3.85. The van der Waals surface area contributed by atoms with Crippen LogP contribution in [0.5, 0.6) is 5.75 Å². The largest absolute Gasteiger partial charge is 0.491 e. The predicted molar refractivity (Wildman–Crippen MR) is 117 cm³/mol. The summed E-state index contributed by atoms with van der Waals surface area (Å²) in [4.78, 5) is 25.0. The molecule has 0 spiro atoms.